The van der Waals surface area contributed by atoms with E-state index in [0.717, 1.165) is 12.8 Å². The van der Waals surface area contributed by atoms with Gasteiger partial charge in [0.15, 0.2) is 5.13 Å². The van der Waals surface area contributed by atoms with Crippen LogP contribution in [0.15, 0.2) is 0 Å². The fourth-order valence-electron chi connectivity index (χ4n) is 3.69. The van der Waals surface area contributed by atoms with Crippen LogP contribution in [0, 0.1) is 6.92 Å². The monoisotopic (exact) mass is 393 g/mol. The highest BCUT2D eigenvalue weighted by molar-refractivity contribution is 7.17. The summed E-state index contributed by atoms with van der Waals surface area (Å²) < 4.78 is 0. The Morgan fingerprint density at radius 3 is 2.59 bits per heavy atom. The van der Waals surface area contributed by atoms with E-state index >= 15 is 0 Å². The number of aryl methyl sites for hydroxylation is 1. The number of aromatic nitrogens is 1. The molecule has 1 saturated heterocycles. The predicted octanol–water partition coefficient (Wildman–Crippen LogP) is 1.18. The molecule has 0 radical (unpaired) electrons. The molecule has 0 atom stereocenters. The Morgan fingerprint density at radius 2 is 1.96 bits per heavy atom. The van der Waals surface area contributed by atoms with E-state index < -0.39 is 0 Å². The zero-order valence-corrected chi connectivity index (χ0v) is 17.0. The molecule has 1 aromatic rings. The van der Waals surface area contributed by atoms with Gasteiger partial charge in [-0.3, -0.25) is 19.3 Å². The maximum absolute atomic E-state index is 12.4. The molecule has 1 aliphatic carbocycles. The molecule has 0 bridgehead atoms. The van der Waals surface area contributed by atoms with Crippen LogP contribution >= 0.6 is 11.3 Å². The van der Waals surface area contributed by atoms with E-state index in [1.54, 1.807) is 21.0 Å². The standard InChI is InChI=1S/C18H27N5O3S/c1-12-16(17(26)21(2)3)27-18(19-12)20-14(24)10-22-8-9-23(15(25)11-22)13-6-4-5-7-13/h13H,4-11H2,1-3H3,(H,19,20,24). The summed E-state index contributed by atoms with van der Waals surface area (Å²) in [6.07, 6.45) is 4.60. The second-order valence-corrected chi connectivity index (χ2v) is 8.42. The number of rotatable bonds is 5. The molecule has 3 rings (SSSR count). The second kappa shape index (κ2) is 8.35. The molecule has 27 heavy (non-hydrogen) atoms. The Labute approximate surface area is 163 Å². The summed E-state index contributed by atoms with van der Waals surface area (Å²) >= 11 is 1.18. The number of nitrogens with one attached hydrogen (secondary N) is 1. The fourth-order valence-corrected chi connectivity index (χ4v) is 4.69. The van der Waals surface area contributed by atoms with Crippen molar-refractivity contribution in [2.24, 2.45) is 0 Å². The van der Waals surface area contributed by atoms with Gasteiger partial charge in [0.05, 0.1) is 18.8 Å². The first-order valence-electron chi connectivity index (χ1n) is 9.36. The lowest BCUT2D eigenvalue weighted by Crippen LogP contribution is -2.54. The van der Waals surface area contributed by atoms with E-state index in [9.17, 15) is 14.4 Å². The van der Waals surface area contributed by atoms with Crippen molar-refractivity contribution in [1.82, 2.24) is 19.7 Å². The second-order valence-electron chi connectivity index (χ2n) is 7.42. The van der Waals surface area contributed by atoms with Gasteiger partial charge in [0.25, 0.3) is 5.91 Å². The first-order chi connectivity index (χ1) is 12.8. The Kier molecular flexibility index (Phi) is 6.11. The molecule has 0 unspecified atom stereocenters. The highest BCUT2D eigenvalue weighted by Gasteiger charge is 2.31. The van der Waals surface area contributed by atoms with Gasteiger partial charge in [-0.2, -0.15) is 0 Å². The van der Waals surface area contributed by atoms with Crippen LogP contribution in [-0.2, 0) is 9.59 Å². The van der Waals surface area contributed by atoms with Crippen LogP contribution in [-0.4, -0.2) is 83.7 Å². The van der Waals surface area contributed by atoms with Crippen LogP contribution in [0.4, 0.5) is 5.13 Å². The molecule has 3 amide bonds. The van der Waals surface area contributed by atoms with Crippen LogP contribution in [0.2, 0.25) is 0 Å². The van der Waals surface area contributed by atoms with Gasteiger partial charge in [0.1, 0.15) is 4.88 Å². The average Bonchev–Trinajstić information content (AvgIpc) is 3.24. The predicted molar refractivity (Wildman–Crippen MR) is 104 cm³/mol. The van der Waals surface area contributed by atoms with Crippen molar-refractivity contribution in [3.63, 3.8) is 0 Å². The molecule has 0 spiro atoms. The van der Waals surface area contributed by atoms with Crippen LogP contribution in [0.1, 0.15) is 41.0 Å². The van der Waals surface area contributed by atoms with Crippen molar-refractivity contribution >= 4 is 34.2 Å². The van der Waals surface area contributed by atoms with Gasteiger partial charge < -0.3 is 15.1 Å². The van der Waals surface area contributed by atoms with Gasteiger partial charge in [-0.1, -0.05) is 24.2 Å². The molecule has 1 saturated carbocycles. The number of thiazole rings is 1. The quantitative estimate of drug-likeness (QED) is 0.812. The minimum atomic E-state index is -0.213. The SMILES string of the molecule is Cc1nc(NC(=O)CN2CCN(C3CCCC3)C(=O)C2)sc1C(=O)N(C)C. The normalized spacial score (nSPS) is 18.8. The third-order valence-corrected chi connectivity index (χ3v) is 6.17. The minimum Gasteiger partial charge on any atom is -0.344 e. The number of hydrogen-bond donors (Lipinski definition) is 1. The first kappa shape index (κ1) is 19.8. The van der Waals surface area contributed by atoms with Gasteiger partial charge in [-0.25, -0.2) is 4.98 Å². The number of hydrogen-bond acceptors (Lipinski definition) is 6. The summed E-state index contributed by atoms with van der Waals surface area (Å²) in [6.45, 7) is 3.58. The van der Waals surface area contributed by atoms with Crippen molar-refractivity contribution in [2.75, 3.05) is 45.6 Å². The smallest absolute Gasteiger partial charge is 0.265 e. The first-order valence-corrected chi connectivity index (χ1v) is 10.2. The number of piperazine rings is 1. The van der Waals surface area contributed by atoms with Gasteiger partial charge in [0, 0.05) is 33.2 Å². The van der Waals surface area contributed by atoms with E-state index in [4.69, 9.17) is 0 Å². The molecule has 8 nitrogen and oxygen atoms in total. The van der Waals surface area contributed by atoms with Crippen LogP contribution in [0.5, 0.6) is 0 Å². The summed E-state index contributed by atoms with van der Waals surface area (Å²) in [6, 6.07) is 0.388. The molecular formula is C18H27N5O3S. The molecular weight excluding hydrogens is 366 g/mol. The number of carbonyl (C=O) groups excluding carboxylic acids is 3. The minimum absolute atomic E-state index is 0.116. The lowest BCUT2D eigenvalue weighted by molar-refractivity contribution is -0.139. The van der Waals surface area contributed by atoms with Crippen molar-refractivity contribution in [2.45, 2.75) is 38.6 Å². The molecule has 2 heterocycles. The van der Waals surface area contributed by atoms with Crippen molar-refractivity contribution in [1.29, 1.82) is 0 Å². The third-order valence-electron chi connectivity index (χ3n) is 5.11. The average molecular weight is 394 g/mol. The van der Waals surface area contributed by atoms with E-state index in [1.807, 2.05) is 9.80 Å². The third kappa shape index (κ3) is 4.65. The highest BCUT2D eigenvalue weighted by atomic mass is 32.1. The van der Waals surface area contributed by atoms with Crippen molar-refractivity contribution in [3.05, 3.63) is 10.6 Å². The summed E-state index contributed by atoms with van der Waals surface area (Å²) in [7, 11) is 3.37. The van der Waals surface area contributed by atoms with Gasteiger partial charge in [-0.05, 0) is 19.8 Å². The van der Waals surface area contributed by atoms with Crippen LogP contribution in [0.25, 0.3) is 0 Å². The molecule has 1 aliphatic heterocycles. The van der Waals surface area contributed by atoms with Crippen LogP contribution in [0.3, 0.4) is 0 Å². The summed E-state index contributed by atoms with van der Waals surface area (Å²) in [5.74, 6) is -0.223. The van der Waals surface area contributed by atoms with Crippen LogP contribution < -0.4 is 5.32 Å². The molecule has 0 aromatic carbocycles. The Bertz CT molecular complexity index is 727. The number of nitrogens with zero attached hydrogens (tertiary/aromatic N) is 4. The molecule has 1 aromatic heterocycles. The molecule has 2 aliphatic rings. The van der Waals surface area contributed by atoms with E-state index in [0.29, 0.717) is 34.8 Å². The van der Waals surface area contributed by atoms with E-state index in [1.165, 1.54) is 29.1 Å². The number of carbonyl (C=O) groups is 3. The Balaban J connectivity index is 1.52. The van der Waals surface area contributed by atoms with Crippen molar-refractivity contribution in [3.8, 4) is 0 Å². The molecule has 148 valence electrons. The summed E-state index contributed by atoms with van der Waals surface area (Å²) in [5, 5.41) is 3.17. The summed E-state index contributed by atoms with van der Waals surface area (Å²) in [5.41, 5.74) is 0.606. The van der Waals surface area contributed by atoms with Gasteiger partial charge >= 0.3 is 0 Å². The number of amides is 3. The Hall–Kier alpha value is -2.00. The molecule has 2 fully saturated rings. The maximum atomic E-state index is 12.4. The van der Waals surface area contributed by atoms with E-state index in [2.05, 4.69) is 10.3 Å². The topological polar surface area (TPSA) is 85.9 Å². The zero-order chi connectivity index (χ0) is 19.6. The van der Waals surface area contributed by atoms with Gasteiger partial charge in [-0.15, -0.1) is 0 Å². The highest BCUT2D eigenvalue weighted by Crippen LogP contribution is 2.25. The molecule has 1 N–H and O–H groups in total. The van der Waals surface area contributed by atoms with Crippen molar-refractivity contribution < 1.29 is 14.4 Å². The fraction of sp³-hybridized carbons (Fsp3) is 0.667. The summed E-state index contributed by atoms with van der Waals surface area (Å²) in [4.78, 5) is 47.0. The molecule has 9 heteroatoms. The lowest BCUT2D eigenvalue weighted by atomic mass is 10.1. The largest absolute Gasteiger partial charge is 0.344 e. The number of anilines is 1. The lowest BCUT2D eigenvalue weighted by Gasteiger charge is -2.37. The van der Waals surface area contributed by atoms with E-state index in [-0.39, 0.29) is 30.8 Å². The van der Waals surface area contributed by atoms with Gasteiger partial charge in [0.2, 0.25) is 11.8 Å². The Morgan fingerprint density at radius 1 is 1.26 bits per heavy atom. The maximum Gasteiger partial charge on any atom is 0.265 e. The zero-order valence-electron chi connectivity index (χ0n) is 16.2.